The molecule has 0 aliphatic carbocycles. The van der Waals surface area contributed by atoms with Gasteiger partial charge in [0.25, 0.3) is 10.1 Å². The summed E-state index contributed by atoms with van der Waals surface area (Å²) in [4.78, 5) is 3.45. The van der Waals surface area contributed by atoms with Gasteiger partial charge in [0, 0.05) is 16.5 Å². The first-order valence-electron chi connectivity index (χ1n) is 11.2. The van der Waals surface area contributed by atoms with E-state index in [1.165, 1.54) is 18.2 Å². The lowest BCUT2D eigenvalue weighted by Gasteiger charge is -2.07. The summed E-state index contributed by atoms with van der Waals surface area (Å²) in [6.07, 6.45) is 0. The molecule has 5 aromatic rings. The van der Waals surface area contributed by atoms with E-state index in [9.17, 15) is 21.4 Å². The van der Waals surface area contributed by atoms with Gasteiger partial charge >= 0.3 is 0 Å². The number of hydrogen-bond acceptors (Lipinski definition) is 6. The second kappa shape index (κ2) is 9.74. The SMILES string of the molecule is O=S(=O)(O)Cc1ccc2[nH]c(-c3ccccc3)c(N=Nc3ccccc3S(=O)(=O)c3ccccc3)c2c1. The van der Waals surface area contributed by atoms with E-state index >= 15 is 0 Å². The molecule has 0 atom stereocenters. The molecule has 0 radical (unpaired) electrons. The molecule has 0 bridgehead atoms. The zero-order valence-corrected chi connectivity index (χ0v) is 20.9. The highest BCUT2D eigenvalue weighted by Gasteiger charge is 2.21. The van der Waals surface area contributed by atoms with Crippen LogP contribution in [-0.4, -0.2) is 26.4 Å². The number of fused-ring (bicyclic) bond motifs is 1. The number of nitrogens with one attached hydrogen (secondary N) is 1. The van der Waals surface area contributed by atoms with Crippen molar-refractivity contribution >= 4 is 42.2 Å². The largest absolute Gasteiger partial charge is 0.353 e. The minimum absolute atomic E-state index is 0.0121. The third kappa shape index (κ3) is 5.21. The predicted molar refractivity (Wildman–Crippen MR) is 141 cm³/mol. The van der Waals surface area contributed by atoms with Gasteiger partial charge in [-0.2, -0.15) is 8.42 Å². The lowest BCUT2D eigenvalue weighted by Crippen LogP contribution is -2.01. The molecule has 0 saturated carbocycles. The van der Waals surface area contributed by atoms with Crippen molar-refractivity contribution in [2.75, 3.05) is 0 Å². The number of aromatic amines is 1. The van der Waals surface area contributed by atoms with E-state index in [1.54, 1.807) is 54.6 Å². The van der Waals surface area contributed by atoms with Gasteiger partial charge in [-0.3, -0.25) is 4.55 Å². The van der Waals surface area contributed by atoms with Crippen LogP contribution in [0.2, 0.25) is 0 Å². The first kappa shape index (κ1) is 24.6. The molecule has 0 spiro atoms. The van der Waals surface area contributed by atoms with Crippen LogP contribution < -0.4 is 0 Å². The average molecular weight is 532 g/mol. The van der Waals surface area contributed by atoms with Crippen LogP contribution in [0.1, 0.15) is 5.56 Å². The Hall–Kier alpha value is -4.12. The molecule has 0 aliphatic heterocycles. The minimum Gasteiger partial charge on any atom is -0.353 e. The average Bonchev–Trinajstić information content (AvgIpc) is 3.25. The van der Waals surface area contributed by atoms with Crippen LogP contribution in [-0.2, 0) is 25.7 Å². The number of sulfone groups is 1. The van der Waals surface area contributed by atoms with Crippen molar-refractivity contribution in [1.29, 1.82) is 0 Å². The maximum atomic E-state index is 13.3. The van der Waals surface area contributed by atoms with Crippen molar-refractivity contribution in [1.82, 2.24) is 4.98 Å². The maximum Gasteiger partial charge on any atom is 0.269 e. The van der Waals surface area contributed by atoms with E-state index in [1.807, 2.05) is 30.3 Å². The van der Waals surface area contributed by atoms with Crippen molar-refractivity contribution in [2.24, 2.45) is 10.2 Å². The molecule has 186 valence electrons. The van der Waals surface area contributed by atoms with Crippen molar-refractivity contribution in [3.8, 4) is 11.3 Å². The van der Waals surface area contributed by atoms with Crippen LogP contribution in [0.5, 0.6) is 0 Å². The highest BCUT2D eigenvalue weighted by Crippen LogP contribution is 2.39. The summed E-state index contributed by atoms with van der Waals surface area (Å²) in [6, 6.07) is 28.7. The van der Waals surface area contributed by atoms with Crippen LogP contribution in [0.3, 0.4) is 0 Å². The molecular formula is C27H21N3O5S2. The van der Waals surface area contributed by atoms with Gasteiger partial charge in [0.1, 0.15) is 17.1 Å². The summed E-state index contributed by atoms with van der Waals surface area (Å²) in [7, 11) is -8.09. The second-order valence-electron chi connectivity index (χ2n) is 8.31. The van der Waals surface area contributed by atoms with Gasteiger partial charge in [0.2, 0.25) is 9.84 Å². The number of H-pyrrole nitrogens is 1. The van der Waals surface area contributed by atoms with Crippen molar-refractivity contribution in [3.63, 3.8) is 0 Å². The van der Waals surface area contributed by atoms with Crippen LogP contribution >= 0.6 is 0 Å². The monoisotopic (exact) mass is 531 g/mol. The number of aromatic nitrogens is 1. The Bertz CT molecular complexity index is 1830. The third-order valence-corrected chi connectivity index (χ3v) is 8.23. The standard InChI is InChI=1S/C27H21N3O5S2/c31-36(32,33)18-19-15-16-23-22(17-19)27(26(28-23)20-9-3-1-4-10-20)30-29-24-13-7-8-14-25(24)37(34,35)21-11-5-2-6-12-21/h1-17,28H,18H2,(H,31,32,33). The fourth-order valence-electron chi connectivity index (χ4n) is 4.04. The summed E-state index contributed by atoms with van der Waals surface area (Å²) >= 11 is 0. The number of benzene rings is 4. The Balaban J connectivity index is 1.67. The van der Waals surface area contributed by atoms with Crippen LogP contribution in [0.4, 0.5) is 11.4 Å². The number of nitrogens with zero attached hydrogens (tertiary/aromatic N) is 2. The Morgan fingerprint density at radius 1 is 0.730 bits per heavy atom. The lowest BCUT2D eigenvalue weighted by molar-refractivity contribution is 0.482. The Morgan fingerprint density at radius 2 is 1.38 bits per heavy atom. The summed E-state index contributed by atoms with van der Waals surface area (Å²) < 4.78 is 58.8. The molecule has 8 nitrogen and oxygen atoms in total. The third-order valence-electron chi connectivity index (χ3n) is 5.71. The molecule has 0 aliphatic rings. The highest BCUT2D eigenvalue weighted by molar-refractivity contribution is 7.91. The molecule has 1 aromatic heterocycles. The molecule has 0 fully saturated rings. The topological polar surface area (TPSA) is 129 Å². The molecule has 10 heteroatoms. The molecular weight excluding hydrogens is 510 g/mol. The Morgan fingerprint density at radius 3 is 2.08 bits per heavy atom. The van der Waals surface area contributed by atoms with E-state index < -0.39 is 25.7 Å². The molecule has 37 heavy (non-hydrogen) atoms. The smallest absolute Gasteiger partial charge is 0.269 e. The van der Waals surface area contributed by atoms with Crippen molar-refractivity contribution in [2.45, 2.75) is 15.5 Å². The van der Waals surface area contributed by atoms with Gasteiger partial charge in [-0.15, -0.1) is 10.2 Å². The fraction of sp³-hybridized carbons (Fsp3) is 0.0370. The minimum atomic E-state index is -4.24. The van der Waals surface area contributed by atoms with E-state index in [0.29, 0.717) is 27.8 Å². The normalized spacial score (nSPS) is 12.4. The quantitative estimate of drug-likeness (QED) is 0.184. The van der Waals surface area contributed by atoms with Gasteiger partial charge in [0.05, 0.1) is 15.5 Å². The predicted octanol–water partition coefficient (Wildman–Crippen LogP) is 6.47. The van der Waals surface area contributed by atoms with Gasteiger partial charge < -0.3 is 4.98 Å². The van der Waals surface area contributed by atoms with Crippen LogP contribution in [0, 0.1) is 0 Å². The fourth-order valence-corrected chi connectivity index (χ4v) is 6.05. The zero-order valence-electron chi connectivity index (χ0n) is 19.3. The van der Waals surface area contributed by atoms with Gasteiger partial charge in [-0.1, -0.05) is 66.7 Å². The summed E-state index contributed by atoms with van der Waals surface area (Å²) in [5.41, 5.74) is 3.06. The van der Waals surface area contributed by atoms with Gasteiger partial charge in [0.15, 0.2) is 0 Å². The second-order valence-corrected chi connectivity index (χ2v) is 11.7. The van der Waals surface area contributed by atoms with E-state index in [-0.39, 0.29) is 15.5 Å². The van der Waals surface area contributed by atoms with Crippen molar-refractivity contribution in [3.05, 3.63) is 109 Å². The molecule has 1 heterocycles. The number of azo groups is 1. The van der Waals surface area contributed by atoms with Gasteiger partial charge in [-0.05, 0) is 42.0 Å². The first-order chi connectivity index (χ1) is 17.7. The maximum absolute atomic E-state index is 13.3. The summed E-state index contributed by atoms with van der Waals surface area (Å²) in [6.45, 7) is 0. The molecule has 0 saturated heterocycles. The molecule has 0 unspecified atom stereocenters. The van der Waals surface area contributed by atoms with E-state index in [0.717, 1.165) is 5.56 Å². The summed E-state index contributed by atoms with van der Waals surface area (Å²) in [5.74, 6) is -0.552. The van der Waals surface area contributed by atoms with Crippen LogP contribution in [0.25, 0.3) is 22.2 Å². The van der Waals surface area contributed by atoms with E-state index in [4.69, 9.17) is 0 Å². The van der Waals surface area contributed by atoms with E-state index in [2.05, 4.69) is 15.2 Å². The molecule has 0 amide bonds. The lowest BCUT2D eigenvalue weighted by atomic mass is 10.1. The van der Waals surface area contributed by atoms with Gasteiger partial charge in [-0.25, -0.2) is 8.42 Å². The Labute approximate surface area is 214 Å². The number of rotatable bonds is 7. The molecule has 5 rings (SSSR count). The number of hydrogen-bond donors (Lipinski definition) is 2. The summed E-state index contributed by atoms with van der Waals surface area (Å²) in [5, 5.41) is 9.38. The van der Waals surface area contributed by atoms with Crippen LogP contribution in [0.15, 0.2) is 123 Å². The Kier molecular flexibility index (Phi) is 6.46. The highest BCUT2D eigenvalue weighted by atomic mass is 32.2. The first-order valence-corrected chi connectivity index (χ1v) is 14.3. The molecule has 4 aromatic carbocycles. The molecule has 2 N–H and O–H groups in total. The zero-order chi connectivity index (χ0) is 26.0. The van der Waals surface area contributed by atoms with Crippen molar-refractivity contribution < 1.29 is 21.4 Å².